The third-order valence-electron chi connectivity index (χ3n) is 3.38. The maximum absolute atomic E-state index is 5.77. The quantitative estimate of drug-likeness (QED) is 0.558. The molecule has 0 saturated heterocycles. The molecule has 0 atom stereocenters. The summed E-state index contributed by atoms with van der Waals surface area (Å²) in [5, 5.41) is 0. The highest BCUT2D eigenvalue weighted by molar-refractivity contribution is 5.31. The van der Waals surface area contributed by atoms with Crippen LogP contribution in [0.15, 0.2) is 24.3 Å². The van der Waals surface area contributed by atoms with Crippen LogP contribution in [0.2, 0.25) is 0 Å². The largest absolute Gasteiger partial charge is 0.494 e. The molecule has 1 radical (unpaired) electrons. The van der Waals surface area contributed by atoms with Crippen molar-refractivity contribution in [3.63, 3.8) is 0 Å². The Morgan fingerprint density at radius 2 is 1.47 bits per heavy atom. The summed E-state index contributed by atoms with van der Waals surface area (Å²) in [5.41, 5.74) is 1.57. The van der Waals surface area contributed by atoms with Gasteiger partial charge in [0.05, 0.1) is 6.61 Å². The van der Waals surface area contributed by atoms with Crippen molar-refractivity contribution in [2.24, 2.45) is 0 Å². The summed E-state index contributed by atoms with van der Waals surface area (Å²) in [7, 11) is 0. The van der Waals surface area contributed by atoms with Crippen LogP contribution < -0.4 is 4.74 Å². The summed E-state index contributed by atoms with van der Waals surface area (Å²) in [6, 6.07) is 8.51. The van der Waals surface area contributed by atoms with Gasteiger partial charge in [-0.1, -0.05) is 71.9 Å². The van der Waals surface area contributed by atoms with Gasteiger partial charge in [0.15, 0.2) is 0 Å². The van der Waals surface area contributed by atoms with Gasteiger partial charge in [-0.15, -0.1) is 0 Å². The van der Waals surface area contributed by atoms with Crippen molar-refractivity contribution in [2.45, 2.75) is 64.7 Å². The summed E-state index contributed by atoms with van der Waals surface area (Å²) in [6.07, 6.45) is 7.36. The van der Waals surface area contributed by atoms with E-state index in [0.717, 1.165) is 25.2 Å². The summed E-state index contributed by atoms with van der Waals surface area (Å²) >= 11 is 0. The number of hydrogen-bond acceptors (Lipinski definition) is 1. The van der Waals surface area contributed by atoms with Crippen LogP contribution in [0.4, 0.5) is 0 Å². The Labute approximate surface area is 119 Å². The third kappa shape index (κ3) is 6.66. The van der Waals surface area contributed by atoms with Gasteiger partial charge in [-0.2, -0.15) is 0 Å². The number of unbranched alkanes of at least 4 members (excludes halogenated alkanes) is 5. The molecule has 0 aliphatic rings. The minimum atomic E-state index is 0.215. The lowest BCUT2D eigenvalue weighted by Crippen LogP contribution is -2.10. The second-order valence-electron chi connectivity index (χ2n) is 6.24. The van der Waals surface area contributed by atoms with Gasteiger partial charge in [0.25, 0.3) is 0 Å². The van der Waals surface area contributed by atoms with Crippen molar-refractivity contribution in [3.05, 3.63) is 36.8 Å². The first-order valence-corrected chi connectivity index (χ1v) is 7.56. The molecule has 1 nitrogen and oxygen atoms in total. The minimum absolute atomic E-state index is 0.215. The Morgan fingerprint density at radius 3 is 2.05 bits per heavy atom. The lowest BCUT2D eigenvalue weighted by atomic mass is 9.87. The van der Waals surface area contributed by atoms with Gasteiger partial charge < -0.3 is 4.74 Å². The monoisotopic (exact) mass is 261 g/mol. The van der Waals surface area contributed by atoms with E-state index in [4.69, 9.17) is 4.74 Å². The highest BCUT2D eigenvalue weighted by atomic mass is 16.5. The maximum Gasteiger partial charge on any atom is 0.119 e. The van der Waals surface area contributed by atoms with Crippen LogP contribution in [0.1, 0.15) is 64.9 Å². The van der Waals surface area contributed by atoms with Gasteiger partial charge >= 0.3 is 0 Å². The first-order chi connectivity index (χ1) is 9.04. The third-order valence-corrected chi connectivity index (χ3v) is 3.38. The molecule has 0 saturated carbocycles. The normalized spacial score (nSPS) is 11.6. The summed E-state index contributed by atoms with van der Waals surface area (Å²) in [6.45, 7) is 11.4. The van der Waals surface area contributed by atoms with E-state index >= 15 is 0 Å². The topological polar surface area (TPSA) is 9.23 Å². The molecular formula is C18H29O. The van der Waals surface area contributed by atoms with Gasteiger partial charge in [-0.05, 0) is 29.5 Å². The molecule has 1 heteroatoms. The van der Waals surface area contributed by atoms with Crippen LogP contribution in [-0.2, 0) is 5.41 Å². The van der Waals surface area contributed by atoms with Gasteiger partial charge in [0, 0.05) is 0 Å². The SMILES string of the molecule is [CH2]CCCCCCCOc1ccc(C(C)(C)C)cc1. The molecular weight excluding hydrogens is 232 g/mol. The van der Waals surface area contributed by atoms with Crippen molar-refractivity contribution in [1.82, 2.24) is 0 Å². The highest BCUT2D eigenvalue weighted by Crippen LogP contribution is 2.24. The first-order valence-electron chi connectivity index (χ1n) is 7.56. The fourth-order valence-electron chi connectivity index (χ4n) is 2.05. The molecule has 19 heavy (non-hydrogen) atoms. The molecule has 0 amide bonds. The van der Waals surface area contributed by atoms with E-state index in [1.165, 1.54) is 31.2 Å². The maximum atomic E-state index is 5.77. The van der Waals surface area contributed by atoms with Gasteiger partial charge in [0.1, 0.15) is 5.75 Å². The lowest BCUT2D eigenvalue weighted by molar-refractivity contribution is 0.304. The number of ether oxygens (including phenoxy) is 1. The Kier molecular flexibility index (Phi) is 6.97. The predicted molar refractivity (Wildman–Crippen MR) is 83.7 cm³/mol. The van der Waals surface area contributed by atoms with Crippen molar-refractivity contribution in [2.75, 3.05) is 6.61 Å². The molecule has 0 aromatic heterocycles. The molecule has 0 aliphatic carbocycles. The minimum Gasteiger partial charge on any atom is -0.494 e. The summed E-state index contributed by atoms with van der Waals surface area (Å²) in [4.78, 5) is 0. The second-order valence-corrected chi connectivity index (χ2v) is 6.24. The van der Waals surface area contributed by atoms with Crippen LogP contribution in [0, 0.1) is 6.92 Å². The molecule has 1 rings (SSSR count). The predicted octanol–water partition coefficient (Wildman–Crippen LogP) is 5.54. The van der Waals surface area contributed by atoms with Gasteiger partial charge in [-0.3, -0.25) is 0 Å². The average molecular weight is 261 g/mol. The van der Waals surface area contributed by atoms with Crippen molar-refractivity contribution >= 4 is 0 Å². The Morgan fingerprint density at radius 1 is 0.895 bits per heavy atom. The van der Waals surface area contributed by atoms with Gasteiger partial charge in [-0.25, -0.2) is 0 Å². The average Bonchev–Trinajstić information content (AvgIpc) is 2.37. The van der Waals surface area contributed by atoms with Crippen molar-refractivity contribution in [1.29, 1.82) is 0 Å². The fourth-order valence-corrected chi connectivity index (χ4v) is 2.05. The zero-order valence-electron chi connectivity index (χ0n) is 12.9. The summed E-state index contributed by atoms with van der Waals surface area (Å²) in [5.74, 6) is 0.991. The van der Waals surface area contributed by atoms with Crippen LogP contribution in [0.25, 0.3) is 0 Å². The molecule has 1 aromatic carbocycles. The first kappa shape index (κ1) is 16.1. The molecule has 107 valence electrons. The van der Waals surface area contributed by atoms with Gasteiger partial charge in [0.2, 0.25) is 0 Å². The molecule has 0 bridgehead atoms. The number of hydrogen-bond donors (Lipinski definition) is 0. The van der Waals surface area contributed by atoms with Crippen LogP contribution >= 0.6 is 0 Å². The smallest absolute Gasteiger partial charge is 0.119 e. The number of rotatable bonds is 8. The van der Waals surface area contributed by atoms with E-state index in [1.807, 2.05) is 0 Å². The molecule has 0 fully saturated rings. The van der Waals surface area contributed by atoms with E-state index in [-0.39, 0.29) is 5.41 Å². The Balaban J connectivity index is 2.20. The fraction of sp³-hybridized carbons (Fsp3) is 0.611. The number of benzene rings is 1. The molecule has 0 spiro atoms. The lowest BCUT2D eigenvalue weighted by Gasteiger charge is -2.19. The zero-order chi connectivity index (χ0) is 14.1. The van der Waals surface area contributed by atoms with E-state index in [0.29, 0.717) is 0 Å². The van der Waals surface area contributed by atoms with E-state index in [2.05, 4.69) is 52.0 Å². The standard InChI is InChI=1S/C18H29O/c1-5-6-7-8-9-10-15-19-17-13-11-16(12-14-17)18(2,3)4/h11-14H,1,5-10,15H2,2-4H3. The highest BCUT2D eigenvalue weighted by Gasteiger charge is 2.12. The van der Waals surface area contributed by atoms with Crippen molar-refractivity contribution < 1.29 is 4.74 Å². The Bertz CT molecular complexity index is 332. The van der Waals surface area contributed by atoms with E-state index in [9.17, 15) is 0 Å². The molecule has 0 heterocycles. The van der Waals surface area contributed by atoms with Crippen molar-refractivity contribution in [3.8, 4) is 5.75 Å². The van der Waals surface area contributed by atoms with E-state index < -0.39 is 0 Å². The molecule has 0 unspecified atom stereocenters. The van der Waals surface area contributed by atoms with Crippen LogP contribution in [0.5, 0.6) is 5.75 Å². The second kappa shape index (κ2) is 8.24. The summed E-state index contributed by atoms with van der Waals surface area (Å²) < 4.78 is 5.77. The zero-order valence-corrected chi connectivity index (χ0v) is 12.9. The Hall–Kier alpha value is -0.980. The van der Waals surface area contributed by atoms with Crippen LogP contribution in [0.3, 0.4) is 0 Å². The molecule has 1 aromatic rings. The molecule has 0 N–H and O–H groups in total. The van der Waals surface area contributed by atoms with Crippen LogP contribution in [-0.4, -0.2) is 6.61 Å². The molecule has 0 aliphatic heterocycles. The van der Waals surface area contributed by atoms with E-state index in [1.54, 1.807) is 0 Å².